The third kappa shape index (κ3) is 4.88. The highest BCUT2D eigenvalue weighted by molar-refractivity contribution is 6.08. The van der Waals surface area contributed by atoms with Gasteiger partial charge in [-0.2, -0.15) is 0 Å². The molecule has 0 spiro atoms. The Morgan fingerprint density at radius 2 is 2.03 bits per heavy atom. The number of urea groups is 1. The Bertz CT molecular complexity index is 1010. The molecule has 1 saturated heterocycles. The number of nitrogens with one attached hydrogen (secondary N) is 3. The van der Waals surface area contributed by atoms with Crippen molar-refractivity contribution in [1.82, 2.24) is 20.5 Å². The van der Waals surface area contributed by atoms with Crippen LogP contribution in [0.25, 0.3) is 0 Å². The molecular weight excluding hydrogens is 396 g/mol. The topological polar surface area (TPSA) is 116 Å². The highest BCUT2D eigenvalue weighted by atomic mass is 16.2. The normalized spacial score (nSPS) is 20.2. The predicted molar refractivity (Wildman–Crippen MR) is 116 cm³/mol. The number of anilines is 1. The average Bonchev–Trinajstić information content (AvgIpc) is 2.78. The number of hydrogen-bond donors (Lipinski definition) is 3. The second-order valence-corrected chi connectivity index (χ2v) is 7.61. The van der Waals surface area contributed by atoms with E-state index in [1.165, 1.54) is 0 Å². The number of nitrogens with zero attached hydrogens (tertiary/aromatic N) is 3. The Balaban J connectivity index is 1.32. The molecule has 2 aliphatic rings. The Morgan fingerprint density at radius 3 is 2.77 bits per heavy atom. The van der Waals surface area contributed by atoms with Crippen molar-refractivity contribution in [3.63, 3.8) is 0 Å². The summed E-state index contributed by atoms with van der Waals surface area (Å²) in [5.41, 5.74) is 2.85. The van der Waals surface area contributed by atoms with E-state index in [2.05, 4.69) is 25.9 Å². The van der Waals surface area contributed by atoms with Gasteiger partial charge in [-0.05, 0) is 42.8 Å². The fourth-order valence-electron chi connectivity index (χ4n) is 3.74. The van der Waals surface area contributed by atoms with Gasteiger partial charge >= 0.3 is 6.03 Å². The standard InChI is InChI=1S/C22H24N6O3/c1-14-25-19-8-10-28(13-18(19)20(29)26-14)21(30)16-4-6-17(7-5-16)27-22(31)24-12-15-3-2-9-23-11-15/h2-7,9,11,14,18H,8,10,12-13H2,1H3,(H,26,29)(H2,24,27,31). The molecule has 9 heteroatoms. The molecule has 1 fully saturated rings. The fourth-order valence-corrected chi connectivity index (χ4v) is 3.74. The van der Waals surface area contributed by atoms with Crippen molar-refractivity contribution >= 4 is 29.2 Å². The Kier molecular flexibility index (Phi) is 5.92. The van der Waals surface area contributed by atoms with Crippen LogP contribution in [0.4, 0.5) is 10.5 Å². The molecule has 2 aliphatic heterocycles. The van der Waals surface area contributed by atoms with Gasteiger partial charge in [0.15, 0.2) is 0 Å². The van der Waals surface area contributed by atoms with Gasteiger partial charge in [-0.25, -0.2) is 4.79 Å². The smallest absolute Gasteiger partial charge is 0.319 e. The quantitative estimate of drug-likeness (QED) is 0.699. The van der Waals surface area contributed by atoms with Crippen LogP contribution in [-0.2, 0) is 11.3 Å². The van der Waals surface area contributed by atoms with Crippen LogP contribution < -0.4 is 16.0 Å². The summed E-state index contributed by atoms with van der Waals surface area (Å²) in [6.07, 6.45) is 3.76. The maximum absolute atomic E-state index is 12.9. The lowest BCUT2D eigenvalue weighted by Gasteiger charge is -2.36. The number of aliphatic imine (C=N–C) groups is 1. The van der Waals surface area contributed by atoms with Gasteiger partial charge in [0.2, 0.25) is 5.91 Å². The number of carbonyl (C=O) groups excluding carboxylic acids is 3. The van der Waals surface area contributed by atoms with Crippen LogP contribution in [-0.4, -0.2) is 52.7 Å². The van der Waals surface area contributed by atoms with E-state index in [1.807, 2.05) is 19.1 Å². The second-order valence-electron chi connectivity index (χ2n) is 7.61. The minimum absolute atomic E-state index is 0.0770. The molecule has 0 saturated carbocycles. The number of aromatic nitrogens is 1. The molecule has 4 amide bonds. The minimum Gasteiger partial charge on any atom is -0.337 e. The van der Waals surface area contributed by atoms with Crippen molar-refractivity contribution in [1.29, 1.82) is 0 Å². The van der Waals surface area contributed by atoms with Gasteiger partial charge in [0.1, 0.15) is 6.17 Å². The van der Waals surface area contributed by atoms with Crippen LogP contribution in [0.15, 0.2) is 53.8 Å². The van der Waals surface area contributed by atoms with E-state index >= 15 is 0 Å². The molecule has 9 nitrogen and oxygen atoms in total. The van der Waals surface area contributed by atoms with E-state index in [9.17, 15) is 14.4 Å². The zero-order valence-electron chi connectivity index (χ0n) is 17.2. The van der Waals surface area contributed by atoms with Crippen molar-refractivity contribution in [2.75, 3.05) is 18.4 Å². The largest absolute Gasteiger partial charge is 0.337 e. The maximum Gasteiger partial charge on any atom is 0.319 e. The van der Waals surface area contributed by atoms with E-state index < -0.39 is 0 Å². The molecule has 1 aromatic heterocycles. The molecular formula is C22H24N6O3. The van der Waals surface area contributed by atoms with Crippen LogP contribution in [0.3, 0.4) is 0 Å². The molecule has 0 radical (unpaired) electrons. The van der Waals surface area contributed by atoms with E-state index in [0.29, 0.717) is 37.3 Å². The monoisotopic (exact) mass is 420 g/mol. The first-order chi connectivity index (χ1) is 15.0. The molecule has 0 bridgehead atoms. The number of amides is 4. The number of rotatable bonds is 4. The Labute approximate surface area is 180 Å². The number of likely N-dealkylation sites (tertiary alicyclic amines) is 1. The highest BCUT2D eigenvalue weighted by Gasteiger charge is 2.36. The van der Waals surface area contributed by atoms with Crippen LogP contribution >= 0.6 is 0 Å². The van der Waals surface area contributed by atoms with Crippen LogP contribution in [0.2, 0.25) is 0 Å². The van der Waals surface area contributed by atoms with E-state index in [-0.39, 0.29) is 29.9 Å². The first-order valence-electron chi connectivity index (χ1n) is 10.2. The number of benzene rings is 1. The summed E-state index contributed by atoms with van der Waals surface area (Å²) in [5.74, 6) is -0.594. The van der Waals surface area contributed by atoms with Crippen molar-refractivity contribution < 1.29 is 14.4 Å². The zero-order valence-corrected chi connectivity index (χ0v) is 17.2. The average molecular weight is 420 g/mol. The molecule has 160 valence electrons. The molecule has 2 atom stereocenters. The third-order valence-electron chi connectivity index (χ3n) is 5.32. The second kappa shape index (κ2) is 8.95. The van der Waals surface area contributed by atoms with Crippen LogP contribution in [0.5, 0.6) is 0 Å². The van der Waals surface area contributed by atoms with Gasteiger partial charge in [0.25, 0.3) is 5.91 Å². The number of piperidine rings is 1. The Hall–Kier alpha value is -3.75. The molecule has 2 unspecified atom stereocenters. The van der Waals surface area contributed by atoms with Gasteiger partial charge in [0, 0.05) is 55.4 Å². The lowest BCUT2D eigenvalue weighted by Crippen LogP contribution is -2.54. The van der Waals surface area contributed by atoms with Gasteiger partial charge in [-0.15, -0.1) is 0 Å². The summed E-state index contributed by atoms with van der Waals surface area (Å²) in [6.45, 7) is 3.06. The first kappa shape index (κ1) is 20.5. The third-order valence-corrected chi connectivity index (χ3v) is 5.32. The van der Waals surface area contributed by atoms with E-state index in [0.717, 1.165) is 11.3 Å². The first-order valence-corrected chi connectivity index (χ1v) is 10.2. The summed E-state index contributed by atoms with van der Waals surface area (Å²) in [5, 5.41) is 8.31. The van der Waals surface area contributed by atoms with Gasteiger partial charge in [0.05, 0.1) is 5.92 Å². The van der Waals surface area contributed by atoms with Crippen molar-refractivity contribution in [3.05, 3.63) is 59.9 Å². The number of pyridine rings is 1. The summed E-state index contributed by atoms with van der Waals surface area (Å²) in [4.78, 5) is 47.4. The van der Waals surface area contributed by atoms with Crippen molar-refractivity contribution in [2.24, 2.45) is 10.9 Å². The summed E-state index contributed by atoms with van der Waals surface area (Å²) >= 11 is 0. The minimum atomic E-state index is -0.377. The molecule has 1 aromatic carbocycles. The zero-order chi connectivity index (χ0) is 21.8. The highest BCUT2D eigenvalue weighted by Crippen LogP contribution is 2.21. The Morgan fingerprint density at radius 1 is 1.23 bits per heavy atom. The number of fused-ring (bicyclic) bond motifs is 1. The molecule has 0 aliphatic carbocycles. The van der Waals surface area contributed by atoms with Crippen molar-refractivity contribution in [3.8, 4) is 0 Å². The number of hydrogen-bond acceptors (Lipinski definition) is 5. The fraction of sp³-hybridized carbons (Fsp3) is 0.318. The molecule has 3 heterocycles. The van der Waals surface area contributed by atoms with Crippen molar-refractivity contribution in [2.45, 2.75) is 26.1 Å². The summed E-state index contributed by atoms with van der Waals surface area (Å²) in [6, 6.07) is 10.0. The maximum atomic E-state index is 12.9. The number of carbonyl (C=O) groups is 3. The van der Waals surface area contributed by atoms with Crippen LogP contribution in [0, 0.1) is 5.92 Å². The molecule has 31 heavy (non-hydrogen) atoms. The SMILES string of the molecule is CC1N=C2CCN(C(=O)c3ccc(NC(=O)NCc4cccnc4)cc3)CC2C(=O)N1. The molecule has 3 N–H and O–H groups in total. The summed E-state index contributed by atoms with van der Waals surface area (Å²) in [7, 11) is 0. The molecule has 4 rings (SSSR count). The predicted octanol–water partition coefficient (Wildman–Crippen LogP) is 1.78. The van der Waals surface area contributed by atoms with Gasteiger partial charge in [-0.3, -0.25) is 19.6 Å². The van der Waals surface area contributed by atoms with Gasteiger partial charge < -0.3 is 20.9 Å². The lowest BCUT2D eigenvalue weighted by atomic mass is 9.92. The van der Waals surface area contributed by atoms with E-state index in [1.54, 1.807) is 41.6 Å². The summed E-state index contributed by atoms with van der Waals surface area (Å²) < 4.78 is 0. The van der Waals surface area contributed by atoms with Crippen LogP contribution in [0.1, 0.15) is 29.3 Å². The lowest BCUT2D eigenvalue weighted by molar-refractivity contribution is -0.124. The van der Waals surface area contributed by atoms with E-state index in [4.69, 9.17) is 0 Å². The molecule has 2 aromatic rings. The van der Waals surface area contributed by atoms with Gasteiger partial charge in [-0.1, -0.05) is 6.07 Å².